The molecule has 0 saturated carbocycles. The summed E-state index contributed by atoms with van der Waals surface area (Å²) in [6.45, 7) is 0. The number of H-pyrrole nitrogens is 1. The van der Waals surface area contributed by atoms with Crippen LogP contribution >= 0.6 is 22.9 Å². The molecule has 1 N–H and O–H groups in total. The highest BCUT2D eigenvalue weighted by atomic mass is 35.5. The number of halogens is 1. The minimum atomic E-state index is 0.500. The molecule has 1 aromatic carbocycles. The van der Waals surface area contributed by atoms with Crippen molar-refractivity contribution in [1.29, 1.82) is 0 Å². The number of thiazole rings is 1. The van der Waals surface area contributed by atoms with Gasteiger partial charge in [0, 0.05) is 58.4 Å². The summed E-state index contributed by atoms with van der Waals surface area (Å²) in [5, 5.41) is 5.69. The Hall–Kier alpha value is -2.83. The molecule has 5 rings (SSSR count). The highest BCUT2D eigenvalue weighted by Crippen LogP contribution is 2.38. The van der Waals surface area contributed by atoms with Crippen molar-refractivity contribution >= 4 is 44.7 Å². The number of aromatic amines is 1. The molecule has 5 nitrogen and oxygen atoms in total. The van der Waals surface area contributed by atoms with E-state index < -0.39 is 0 Å². The average molecular weight is 395 g/mol. The van der Waals surface area contributed by atoms with E-state index in [1.165, 1.54) is 0 Å². The second-order valence-corrected chi connectivity index (χ2v) is 7.52. The molecule has 0 fully saturated rings. The van der Waals surface area contributed by atoms with Crippen LogP contribution in [0.2, 0.25) is 5.15 Å². The lowest BCUT2D eigenvalue weighted by Gasteiger charge is -2.00. The number of fused-ring (bicyclic) bond motifs is 2. The zero-order valence-corrected chi connectivity index (χ0v) is 16.2. The van der Waals surface area contributed by atoms with Crippen molar-refractivity contribution in [1.82, 2.24) is 19.5 Å². The lowest BCUT2D eigenvalue weighted by atomic mass is 10.1. The third-order valence-corrected chi connectivity index (χ3v) is 5.90. The smallest absolute Gasteiger partial charge is 0.153 e. The van der Waals surface area contributed by atoms with E-state index in [0.717, 1.165) is 49.4 Å². The van der Waals surface area contributed by atoms with Gasteiger partial charge in [-0.25, -0.2) is 9.97 Å². The summed E-state index contributed by atoms with van der Waals surface area (Å²) in [4.78, 5) is 12.4. The van der Waals surface area contributed by atoms with Gasteiger partial charge in [-0.05, 0) is 24.3 Å². The zero-order chi connectivity index (χ0) is 18.5. The number of aromatic nitrogens is 4. The van der Waals surface area contributed by atoms with Gasteiger partial charge in [-0.3, -0.25) is 0 Å². The first kappa shape index (κ1) is 16.4. The molecule has 0 unspecified atom stereocenters. The van der Waals surface area contributed by atoms with Gasteiger partial charge in [-0.2, -0.15) is 0 Å². The predicted molar refractivity (Wildman–Crippen MR) is 111 cm³/mol. The van der Waals surface area contributed by atoms with Crippen LogP contribution in [0, 0.1) is 0 Å². The topological polar surface area (TPSA) is 55.7 Å². The van der Waals surface area contributed by atoms with E-state index in [-0.39, 0.29) is 0 Å². The number of hydrogen-bond donors (Lipinski definition) is 1. The molecule has 7 heteroatoms. The first-order chi connectivity index (χ1) is 13.2. The Bertz CT molecular complexity index is 1300. The number of methoxy groups -OCH3 is 1. The first-order valence-corrected chi connectivity index (χ1v) is 9.62. The SMILES string of the molecule is COc1ccc2[nH]cc(-c3nc(-c4cn(C)c5c(Cl)nccc45)cs3)c2c1. The Morgan fingerprint density at radius 3 is 2.93 bits per heavy atom. The van der Waals surface area contributed by atoms with Gasteiger partial charge >= 0.3 is 0 Å². The van der Waals surface area contributed by atoms with E-state index in [9.17, 15) is 0 Å². The zero-order valence-electron chi connectivity index (χ0n) is 14.7. The molecular weight excluding hydrogens is 380 g/mol. The number of benzene rings is 1. The maximum absolute atomic E-state index is 6.28. The van der Waals surface area contributed by atoms with Gasteiger partial charge in [0.2, 0.25) is 0 Å². The molecule has 0 radical (unpaired) electrons. The predicted octanol–water partition coefficient (Wildman–Crippen LogP) is 5.51. The first-order valence-electron chi connectivity index (χ1n) is 8.36. The standard InChI is InChI=1S/C20H15ClN4OS/c1-25-9-15(12-5-6-22-19(21)18(12)25)17-10-27-20(24-17)14-8-23-16-4-3-11(26-2)7-13(14)16/h3-10,23H,1-2H3. The van der Waals surface area contributed by atoms with Crippen LogP contribution in [0.4, 0.5) is 0 Å². The Morgan fingerprint density at radius 2 is 2.07 bits per heavy atom. The van der Waals surface area contributed by atoms with Gasteiger partial charge in [-0.15, -0.1) is 11.3 Å². The molecule has 0 spiro atoms. The van der Waals surface area contributed by atoms with Crippen LogP contribution in [0.5, 0.6) is 5.75 Å². The Balaban J connectivity index is 1.65. The lowest BCUT2D eigenvalue weighted by Crippen LogP contribution is -1.85. The van der Waals surface area contributed by atoms with E-state index in [1.54, 1.807) is 24.6 Å². The van der Waals surface area contributed by atoms with Gasteiger partial charge in [0.05, 0.1) is 18.3 Å². The van der Waals surface area contributed by atoms with Crippen molar-refractivity contribution in [2.75, 3.05) is 7.11 Å². The van der Waals surface area contributed by atoms with E-state index >= 15 is 0 Å². The van der Waals surface area contributed by atoms with Crippen molar-refractivity contribution in [3.05, 3.63) is 53.4 Å². The molecule has 0 atom stereocenters. The van der Waals surface area contributed by atoms with E-state index in [1.807, 2.05) is 42.1 Å². The third-order valence-electron chi connectivity index (χ3n) is 4.74. The Morgan fingerprint density at radius 1 is 1.19 bits per heavy atom. The summed E-state index contributed by atoms with van der Waals surface area (Å²) >= 11 is 7.90. The number of pyridine rings is 1. The molecule has 27 heavy (non-hydrogen) atoms. The quantitative estimate of drug-likeness (QED) is 0.410. The molecule has 0 bridgehead atoms. The monoisotopic (exact) mass is 394 g/mol. The van der Waals surface area contributed by atoms with Crippen molar-refractivity contribution < 1.29 is 4.74 Å². The molecule has 5 aromatic rings. The van der Waals surface area contributed by atoms with Crippen LogP contribution in [0.25, 0.3) is 43.6 Å². The fourth-order valence-corrected chi connectivity index (χ4v) is 4.58. The minimum absolute atomic E-state index is 0.500. The number of nitrogens with zero attached hydrogens (tertiary/aromatic N) is 3. The summed E-state index contributed by atoms with van der Waals surface area (Å²) in [5.41, 5.74) is 5.03. The molecule has 0 amide bonds. The van der Waals surface area contributed by atoms with Crippen LogP contribution < -0.4 is 4.74 Å². The highest BCUT2D eigenvalue weighted by molar-refractivity contribution is 7.13. The average Bonchev–Trinajstić information content (AvgIpc) is 3.38. The van der Waals surface area contributed by atoms with Crippen molar-refractivity contribution in [3.8, 4) is 27.6 Å². The van der Waals surface area contributed by atoms with Crippen molar-refractivity contribution in [2.24, 2.45) is 7.05 Å². The number of aryl methyl sites for hydroxylation is 1. The number of rotatable bonds is 3. The normalized spacial score (nSPS) is 11.5. The minimum Gasteiger partial charge on any atom is -0.497 e. The fourth-order valence-electron chi connectivity index (χ4n) is 3.44. The Kier molecular flexibility index (Phi) is 3.70. The number of ether oxygens (including phenoxy) is 1. The summed E-state index contributed by atoms with van der Waals surface area (Å²) in [6.07, 6.45) is 5.78. The van der Waals surface area contributed by atoms with E-state index in [0.29, 0.717) is 5.15 Å². The van der Waals surface area contributed by atoms with Crippen LogP contribution in [0.1, 0.15) is 0 Å². The number of hydrogen-bond acceptors (Lipinski definition) is 4. The molecule has 4 heterocycles. The molecule has 134 valence electrons. The highest BCUT2D eigenvalue weighted by Gasteiger charge is 2.16. The number of nitrogens with one attached hydrogen (secondary N) is 1. The lowest BCUT2D eigenvalue weighted by molar-refractivity contribution is 0.415. The van der Waals surface area contributed by atoms with E-state index in [4.69, 9.17) is 21.3 Å². The second kappa shape index (κ2) is 6.11. The Labute approximate surface area is 164 Å². The second-order valence-electron chi connectivity index (χ2n) is 6.30. The molecule has 0 aliphatic rings. The molecule has 0 aliphatic carbocycles. The van der Waals surface area contributed by atoms with Gasteiger partial charge in [-0.1, -0.05) is 11.6 Å². The molecule has 4 aromatic heterocycles. The third kappa shape index (κ3) is 2.52. The maximum atomic E-state index is 6.28. The van der Waals surface area contributed by atoms with E-state index in [2.05, 4.69) is 21.5 Å². The van der Waals surface area contributed by atoms with Gasteiger partial charge in [0.25, 0.3) is 0 Å². The largest absolute Gasteiger partial charge is 0.497 e. The molecule has 0 saturated heterocycles. The van der Waals surface area contributed by atoms with Crippen LogP contribution in [0.3, 0.4) is 0 Å². The van der Waals surface area contributed by atoms with Crippen LogP contribution in [-0.2, 0) is 7.05 Å². The van der Waals surface area contributed by atoms with Crippen molar-refractivity contribution in [2.45, 2.75) is 0 Å². The molecular formula is C20H15ClN4OS. The summed E-state index contributed by atoms with van der Waals surface area (Å²) in [7, 11) is 3.65. The summed E-state index contributed by atoms with van der Waals surface area (Å²) in [6, 6.07) is 7.98. The van der Waals surface area contributed by atoms with Gasteiger partial charge in [0.15, 0.2) is 5.15 Å². The van der Waals surface area contributed by atoms with Gasteiger partial charge < -0.3 is 14.3 Å². The van der Waals surface area contributed by atoms with Crippen LogP contribution in [-0.4, -0.2) is 26.6 Å². The summed E-state index contributed by atoms with van der Waals surface area (Å²) in [5.74, 6) is 0.830. The van der Waals surface area contributed by atoms with Gasteiger partial charge in [0.1, 0.15) is 10.8 Å². The van der Waals surface area contributed by atoms with Crippen molar-refractivity contribution in [3.63, 3.8) is 0 Å². The fraction of sp³-hybridized carbons (Fsp3) is 0.100. The van der Waals surface area contributed by atoms with Crippen LogP contribution in [0.15, 0.2) is 48.2 Å². The molecule has 0 aliphatic heterocycles. The maximum Gasteiger partial charge on any atom is 0.153 e. The summed E-state index contributed by atoms with van der Waals surface area (Å²) < 4.78 is 7.36.